The quantitative estimate of drug-likeness (QED) is 0.511. The van der Waals surface area contributed by atoms with Crippen molar-refractivity contribution < 1.29 is 14.4 Å². The van der Waals surface area contributed by atoms with E-state index >= 15 is 0 Å². The van der Waals surface area contributed by atoms with Crippen molar-refractivity contribution in [3.05, 3.63) is 41.6 Å². The molecule has 0 spiro atoms. The fourth-order valence-corrected chi connectivity index (χ4v) is 2.16. The average Bonchev–Trinajstić information content (AvgIpc) is 2.85. The predicted octanol–water partition coefficient (Wildman–Crippen LogP) is -0.435. The van der Waals surface area contributed by atoms with Gasteiger partial charge in [-0.2, -0.15) is 10.2 Å². The van der Waals surface area contributed by atoms with E-state index in [1.807, 2.05) is 6.07 Å². The lowest BCUT2D eigenvalue weighted by molar-refractivity contribution is -0.118. The lowest BCUT2D eigenvalue weighted by Gasteiger charge is -2.12. The maximum absolute atomic E-state index is 12.0. The number of hydrogen-bond acceptors (Lipinski definition) is 6. The number of imide groups is 1. The molecule has 0 saturated carbocycles. The molecule has 0 atom stereocenters. The Balaban J connectivity index is 2.18. The number of nitrogens with one attached hydrogen (secondary N) is 2. The molecule has 0 aliphatic carbocycles. The van der Waals surface area contributed by atoms with Crippen LogP contribution in [-0.2, 0) is 9.59 Å². The van der Waals surface area contributed by atoms with Crippen LogP contribution in [0.4, 0.5) is 5.82 Å². The van der Waals surface area contributed by atoms with Crippen molar-refractivity contribution in [3.63, 3.8) is 0 Å². The van der Waals surface area contributed by atoms with Crippen molar-refractivity contribution in [2.75, 3.05) is 5.73 Å². The van der Waals surface area contributed by atoms with Gasteiger partial charge in [-0.25, -0.2) is 10.1 Å². The summed E-state index contributed by atoms with van der Waals surface area (Å²) in [5, 5.41) is 10.0. The topological polar surface area (TPSA) is 131 Å². The summed E-state index contributed by atoms with van der Waals surface area (Å²) in [5.74, 6) is -1.80. The molecule has 0 radical (unpaired) electrons. The number of fused-ring (bicyclic) bond motifs is 1. The normalized spacial score (nSPS) is 15.3. The Morgan fingerprint density at radius 1 is 1.26 bits per heavy atom. The molecule has 3 amide bonds. The molecule has 116 valence electrons. The van der Waals surface area contributed by atoms with Crippen molar-refractivity contribution in [2.24, 2.45) is 5.10 Å². The highest BCUT2D eigenvalue weighted by atomic mass is 16.2. The number of carbonyl (C=O) groups excluding carboxylic acids is 3. The number of aromatic nitrogens is 2. The molecule has 1 aromatic carbocycles. The van der Waals surface area contributed by atoms with Crippen molar-refractivity contribution in [2.45, 2.75) is 6.92 Å². The first-order valence-electron chi connectivity index (χ1n) is 6.63. The van der Waals surface area contributed by atoms with Crippen LogP contribution in [0.5, 0.6) is 0 Å². The largest absolute Gasteiger partial charge is 0.383 e. The standard InChI is InChI=1S/C14H12N6O3/c1-7(21)17-18-11-10-9(13(22)16-14(11)23)12(15)20(19-10)8-5-3-2-4-6-8/h2-6H,15H2,1H3,(H,17,21)(H,16,22,23)/b18-11+. The highest BCUT2D eigenvalue weighted by Crippen LogP contribution is 2.24. The summed E-state index contributed by atoms with van der Waals surface area (Å²) < 4.78 is 1.34. The number of carbonyl (C=O) groups is 3. The van der Waals surface area contributed by atoms with Crippen molar-refractivity contribution >= 4 is 29.3 Å². The van der Waals surface area contributed by atoms with Gasteiger partial charge in [0.05, 0.1) is 5.69 Å². The van der Waals surface area contributed by atoms with Crippen LogP contribution in [0, 0.1) is 0 Å². The molecule has 1 aliphatic heterocycles. The minimum atomic E-state index is -0.756. The first-order valence-corrected chi connectivity index (χ1v) is 6.63. The van der Waals surface area contributed by atoms with E-state index in [4.69, 9.17) is 5.73 Å². The zero-order chi connectivity index (χ0) is 16.6. The van der Waals surface area contributed by atoms with Gasteiger partial charge < -0.3 is 5.73 Å². The Hall–Kier alpha value is -3.49. The van der Waals surface area contributed by atoms with E-state index in [9.17, 15) is 14.4 Å². The Morgan fingerprint density at radius 2 is 1.96 bits per heavy atom. The summed E-state index contributed by atoms with van der Waals surface area (Å²) in [5.41, 5.74) is 8.65. The van der Waals surface area contributed by atoms with Crippen LogP contribution in [-0.4, -0.2) is 33.2 Å². The third kappa shape index (κ3) is 2.44. The number of nitrogen functional groups attached to an aromatic ring is 1. The molecule has 0 bridgehead atoms. The van der Waals surface area contributed by atoms with E-state index in [2.05, 4.69) is 20.9 Å². The fourth-order valence-electron chi connectivity index (χ4n) is 2.16. The summed E-state index contributed by atoms with van der Waals surface area (Å²) in [6, 6.07) is 8.89. The summed E-state index contributed by atoms with van der Waals surface area (Å²) in [7, 11) is 0. The molecule has 0 unspecified atom stereocenters. The lowest BCUT2D eigenvalue weighted by atomic mass is 10.1. The number of amides is 3. The average molecular weight is 312 g/mol. The van der Waals surface area contributed by atoms with Gasteiger partial charge in [-0.05, 0) is 12.1 Å². The molecule has 0 fully saturated rings. The van der Waals surface area contributed by atoms with Crippen molar-refractivity contribution in [3.8, 4) is 5.69 Å². The Morgan fingerprint density at radius 3 is 2.61 bits per heavy atom. The Bertz CT molecular complexity index is 853. The summed E-state index contributed by atoms with van der Waals surface area (Å²) >= 11 is 0. The fraction of sp³-hybridized carbons (Fsp3) is 0.0714. The number of hydrogen-bond donors (Lipinski definition) is 3. The van der Waals surface area contributed by atoms with E-state index < -0.39 is 17.7 Å². The maximum Gasteiger partial charge on any atom is 0.280 e. The summed E-state index contributed by atoms with van der Waals surface area (Å²) in [6.45, 7) is 1.24. The monoisotopic (exact) mass is 312 g/mol. The first-order chi connectivity index (χ1) is 11.0. The van der Waals surface area contributed by atoms with Gasteiger partial charge in [0.2, 0.25) is 5.91 Å². The van der Waals surface area contributed by atoms with Gasteiger partial charge in [-0.15, -0.1) is 0 Å². The SMILES string of the molecule is CC(=O)N/N=C1/C(=O)NC(=O)c2c1nn(-c1ccccc1)c2N. The predicted molar refractivity (Wildman–Crippen MR) is 80.8 cm³/mol. The summed E-state index contributed by atoms with van der Waals surface area (Å²) in [4.78, 5) is 35.0. The number of rotatable bonds is 2. The van der Waals surface area contributed by atoms with E-state index in [0.717, 1.165) is 0 Å². The van der Waals surface area contributed by atoms with Crippen LogP contribution in [0.25, 0.3) is 5.69 Å². The molecule has 4 N–H and O–H groups in total. The van der Waals surface area contributed by atoms with Gasteiger partial charge in [0, 0.05) is 6.92 Å². The second kappa shape index (κ2) is 5.37. The van der Waals surface area contributed by atoms with Crippen molar-refractivity contribution in [1.82, 2.24) is 20.5 Å². The maximum atomic E-state index is 12.0. The Labute approximate surface area is 130 Å². The summed E-state index contributed by atoms with van der Waals surface area (Å²) in [6.07, 6.45) is 0. The molecule has 0 saturated heterocycles. The van der Waals surface area contributed by atoms with Gasteiger partial charge in [-0.3, -0.25) is 19.7 Å². The smallest absolute Gasteiger partial charge is 0.280 e. The zero-order valence-electron chi connectivity index (χ0n) is 12.0. The van der Waals surface area contributed by atoms with Gasteiger partial charge in [0.25, 0.3) is 11.8 Å². The third-order valence-electron chi connectivity index (χ3n) is 3.14. The second-order valence-corrected chi connectivity index (χ2v) is 4.77. The van der Waals surface area contributed by atoms with Gasteiger partial charge >= 0.3 is 0 Å². The van der Waals surface area contributed by atoms with Gasteiger partial charge in [0.1, 0.15) is 17.1 Å². The highest BCUT2D eigenvalue weighted by Gasteiger charge is 2.35. The van der Waals surface area contributed by atoms with Crippen LogP contribution in [0.3, 0.4) is 0 Å². The molecule has 1 aromatic heterocycles. The highest BCUT2D eigenvalue weighted by molar-refractivity contribution is 6.51. The van der Waals surface area contributed by atoms with Gasteiger partial charge in [0.15, 0.2) is 5.71 Å². The van der Waals surface area contributed by atoms with Crippen LogP contribution in [0.15, 0.2) is 35.4 Å². The van der Waals surface area contributed by atoms with E-state index in [-0.39, 0.29) is 22.8 Å². The van der Waals surface area contributed by atoms with Crippen LogP contribution in [0.2, 0.25) is 0 Å². The Kier molecular flexibility index (Phi) is 3.37. The molecule has 23 heavy (non-hydrogen) atoms. The number of para-hydroxylation sites is 1. The van der Waals surface area contributed by atoms with E-state index in [1.165, 1.54) is 11.6 Å². The minimum Gasteiger partial charge on any atom is -0.383 e. The molecular weight excluding hydrogens is 300 g/mol. The van der Waals surface area contributed by atoms with Crippen molar-refractivity contribution in [1.29, 1.82) is 0 Å². The van der Waals surface area contributed by atoms with Crippen LogP contribution >= 0.6 is 0 Å². The molecule has 9 heteroatoms. The molecule has 2 aromatic rings. The molecular formula is C14H12N6O3. The first kappa shape index (κ1) is 14.4. The molecule has 9 nitrogen and oxygen atoms in total. The second-order valence-electron chi connectivity index (χ2n) is 4.77. The minimum absolute atomic E-state index is 0.0221. The third-order valence-corrected chi connectivity index (χ3v) is 3.14. The van der Waals surface area contributed by atoms with Crippen LogP contribution < -0.4 is 16.5 Å². The number of hydrazone groups is 1. The number of benzene rings is 1. The van der Waals surface area contributed by atoms with Crippen LogP contribution in [0.1, 0.15) is 23.0 Å². The zero-order valence-corrected chi connectivity index (χ0v) is 12.0. The van der Waals surface area contributed by atoms with E-state index in [1.54, 1.807) is 24.3 Å². The van der Waals surface area contributed by atoms with E-state index in [0.29, 0.717) is 5.69 Å². The van der Waals surface area contributed by atoms with Gasteiger partial charge in [-0.1, -0.05) is 18.2 Å². The number of nitrogens with two attached hydrogens (primary N) is 1. The molecule has 3 rings (SSSR count). The molecule has 1 aliphatic rings. The number of anilines is 1. The lowest BCUT2D eigenvalue weighted by Crippen LogP contribution is -2.43. The number of nitrogens with zero attached hydrogens (tertiary/aromatic N) is 3. The molecule has 2 heterocycles.